The Morgan fingerprint density at radius 1 is 1.71 bits per heavy atom. The second kappa shape index (κ2) is 2.95. The Labute approximate surface area is 82.2 Å². The zero-order valence-corrected chi connectivity index (χ0v) is 8.16. The molecular weight excluding hydrogens is 184 g/mol. The van der Waals surface area contributed by atoms with Gasteiger partial charge < -0.3 is 15.4 Å². The highest BCUT2D eigenvalue weighted by molar-refractivity contribution is 5.95. The van der Waals surface area contributed by atoms with Crippen molar-refractivity contribution >= 4 is 11.9 Å². The zero-order chi connectivity index (χ0) is 10.3. The number of nitrogens with zero attached hydrogens (tertiary/aromatic N) is 1. The molecule has 2 saturated heterocycles. The van der Waals surface area contributed by atoms with Crippen molar-refractivity contribution in [2.24, 2.45) is 5.73 Å². The highest BCUT2D eigenvalue weighted by Gasteiger charge is 2.57. The summed E-state index contributed by atoms with van der Waals surface area (Å²) >= 11 is 0. The number of rotatable bonds is 1. The third-order valence-electron chi connectivity index (χ3n) is 3.19. The minimum atomic E-state index is -0.745. The van der Waals surface area contributed by atoms with Crippen LogP contribution in [0.3, 0.4) is 0 Å². The van der Waals surface area contributed by atoms with Gasteiger partial charge in [0.15, 0.2) is 0 Å². The van der Waals surface area contributed by atoms with Gasteiger partial charge in [-0.05, 0) is 12.8 Å². The van der Waals surface area contributed by atoms with Crippen molar-refractivity contribution in [1.29, 1.82) is 0 Å². The van der Waals surface area contributed by atoms with Gasteiger partial charge in [0.1, 0.15) is 5.54 Å². The predicted octanol–water partition coefficient (Wildman–Crippen LogP) is -0.748. The summed E-state index contributed by atoms with van der Waals surface area (Å²) in [7, 11) is 1.35. The number of esters is 1. The Morgan fingerprint density at radius 2 is 2.43 bits per heavy atom. The first-order chi connectivity index (χ1) is 6.62. The SMILES string of the molecule is COC(=O)[C@]12CCCN1C(=O)[C@H](N)C2. The van der Waals surface area contributed by atoms with Crippen LogP contribution in [0.4, 0.5) is 0 Å². The van der Waals surface area contributed by atoms with E-state index in [1.165, 1.54) is 7.11 Å². The van der Waals surface area contributed by atoms with Crippen LogP contribution in [0.5, 0.6) is 0 Å². The summed E-state index contributed by atoms with van der Waals surface area (Å²) < 4.78 is 4.75. The number of hydrogen-bond acceptors (Lipinski definition) is 4. The van der Waals surface area contributed by atoms with E-state index in [2.05, 4.69) is 0 Å². The van der Waals surface area contributed by atoms with Crippen LogP contribution in [0.2, 0.25) is 0 Å². The molecule has 2 rings (SSSR count). The van der Waals surface area contributed by atoms with Crippen LogP contribution < -0.4 is 5.73 Å². The number of nitrogens with two attached hydrogens (primary N) is 1. The van der Waals surface area contributed by atoms with Gasteiger partial charge in [-0.3, -0.25) is 4.79 Å². The van der Waals surface area contributed by atoms with E-state index >= 15 is 0 Å². The van der Waals surface area contributed by atoms with E-state index in [1.54, 1.807) is 4.90 Å². The minimum Gasteiger partial charge on any atom is -0.467 e. The lowest BCUT2D eigenvalue weighted by Crippen LogP contribution is -2.47. The number of carbonyl (C=O) groups is 2. The zero-order valence-electron chi connectivity index (χ0n) is 8.16. The molecule has 0 spiro atoms. The molecule has 0 aromatic rings. The van der Waals surface area contributed by atoms with Crippen LogP contribution >= 0.6 is 0 Å². The van der Waals surface area contributed by atoms with Gasteiger partial charge >= 0.3 is 5.97 Å². The highest BCUT2D eigenvalue weighted by Crippen LogP contribution is 2.39. The van der Waals surface area contributed by atoms with E-state index in [-0.39, 0.29) is 11.9 Å². The molecule has 0 aromatic heterocycles. The molecular formula is C9H14N2O3. The van der Waals surface area contributed by atoms with Crippen LogP contribution in [0.15, 0.2) is 0 Å². The standard InChI is InChI=1S/C9H14N2O3/c1-14-8(13)9-3-2-4-11(9)7(12)6(10)5-9/h6H,2-5,10H2,1H3/t6-,9-/m1/s1. The van der Waals surface area contributed by atoms with Crippen LogP contribution in [0, 0.1) is 0 Å². The maximum absolute atomic E-state index is 11.6. The molecule has 0 radical (unpaired) electrons. The summed E-state index contributed by atoms with van der Waals surface area (Å²) in [6, 6.07) is -0.533. The average Bonchev–Trinajstić information content (AvgIpc) is 2.68. The predicted molar refractivity (Wildman–Crippen MR) is 48.3 cm³/mol. The fourth-order valence-corrected chi connectivity index (χ4v) is 2.55. The molecule has 0 aliphatic carbocycles. The molecule has 2 aliphatic rings. The second-order valence-electron chi connectivity index (χ2n) is 3.93. The number of ether oxygens (including phenoxy) is 1. The van der Waals surface area contributed by atoms with E-state index in [0.717, 1.165) is 6.42 Å². The van der Waals surface area contributed by atoms with Crippen LogP contribution in [0.1, 0.15) is 19.3 Å². The summed E-state index contributed by atoms with van der Waals surface area (Å²) in [5, 5.41) is 0. The van der Waals surface area contributed by atoms with Crippen molar-refractivity contribution < 1.29 is 14.3 Å². The lowest BCUT2D eigenvalue weighted by molar-refractivity contribution is -0.155. The first-order valence-electron chi connectivity index (χ1n) is 4.77. The van der Waals surface area contributed by atoms with Gasteiger partial charge in [0.2, 0.25) is 5.91 Å². The maximum atomic E-state index is 11.6. The summed E-state index contributed by atoms with van der Waals surface area (Å²) in [5.74, 6) is -0.441. The number of amides is 1. The Bertz CT molecular complexity index is 292. The van der Waals surface area contributed by atoms with Crippen molar-refractivity contribution in [3.8, 4) is 0 Å². The number of carbonyl (C=O) groups excluding carboxylic acids is 2. The third kappa shape index (κ3) is 0.987. The van der Waals surface area contributed by atoms with Gasteiger partial charge in [-0.1, -0.05) is 0 Å². The number of fused-ring (bicyclic) bond motifs is 1. The number of methoxy groups -OCH3 is 1. The number of hydrogen-bond donors (Lipinski definition) is 1. The topological polar surface area (TPSA) is 72.6 Å². The molecule has 2 N–H and O–H groups in total. The van der Waals surface area contributed by atoms with E-state index in [0.29, 0.717) is 19.4 Å². The first-order valence-corrected chi connectivity index (χ1v) is 4.77. The Balaban J connectivity index is 2.33. The molecule has 1 amide bonds. The quantitative estimate of drug-likeness (QED) is 0.563. The molecule has 5 nitrogen and oxygen atoms in total. The Morgan fingerprint density at radius 3 is 3.07 bits per heavy atom. The highest BCUT2D eigenvalue weighted by atomic mass is 16.5. The van der Waals surface area contributed by atoms with Gasteiger partial charge in [0, 0.05) is 13.0 Å². The van der Waals surface area contributed by atoms with Gasteiger partial charge in [-0.2, -0.15) is 0 Å². The summed E-state index contributed by atoms with van der Waals surface area (Å²) in [5.41, 5.74) is 4.90. The fraction of sp³-hybridized carbons (Fsp3) is 0.778. The van der Waals surface area contributed by atoms with Gasteiger partial charge in [0.25, 0.3) is 0 Å². The molecule has 0 unspecified atom stereocenters. The first kappa shape index (κ1) is 9.45. The molecule has 2 atom stereocenters. The van der Waals surface area contributed by atoms with Crippen LogP contribution in [0.25, 0.3) is 0 Å². The second-order valence-corrected chi connectivity index (χ2v) is 3.93. The maximum Gasteiger partial charge on any atom is 0.331 e. The van der Waals surface area contributed by atoms with Crippen molar-refractivity contribution in [3.05, 3.63) is 0 Å². The van der Waals surface area contributed by atoms with Crippen LogP contribution in [-0.2, 0) is 14.3 Å². The summed E-state index contributed by atoms with van der Waals surface area (Å²) in [6.45, 7) is 0.627. The molecule has 78 valence electrons. The Kier molecular flexibility index (Phi) is 1.99. The smallest absolute Gasteiger partial charge is 0.331 e. The monoisotopic (exact) mass is 198 g/mol. The van der Waals surface area contributed by atoms with Crippen molar-refractivity contribution in [1.82, 2.24) is 4.90 Å². The third-order valence-corrected chi connectivity index (χ3v) is 3.19. The largest absolute Gasteiger partial charge is 0.467 e. The Hall–Kier alpha value is -1.10. The molecule has 0 bridgehead atoms. The van der Waals surface area contributed by atoms with E-state index < -0.39 is 11.6 Å². The lowest BCUT2D eigenvalue weighted by atomic mass is 9.93. The lowest BCUT2D eigenvalue weighted by Gasteiger charge is -2.28. The molecule has 5 heteroatoms. The van der Waals surface area contributed by atoms with E-state index in [4.69, 9.17) is 10.5 Å². The molecule has 2 fully saturated rings. The summed E-state index contributed by atoms with van der Waals surface area (Å²) in [6.07, 6.45) is 1.94. The average molecular weight is 198 g/mol. The van der Waals surface area contributed by atoms with Crippen LogP contribution in [-0.4, -0.2) is 42.0 Å². The fourth-order valence-electron chi connectivity index (χ4n) is 2.55. The van der Waals surface area contributed by atoms with Crippen molar-refractivity contribution in [2.45, 2.75) is 30.8 Å². The van der Waals surface area contributed by atoms with E-state index in [1.807, 2.05) is 0 Å². The van der Waals surface area contributed by atoms with Crippen molar-refractivity contribution in [3.63, 3.8) is 0 Å². The van der Waals surface area contributed by atoms with Gasteiger partial charge in [-0.15, -0.1) is 0 Å². The molecule has 14 heavy (non-hydrogen) atoms. The minimum absolute atomic E-state index is 0.118. The molecule has 2 heterocycles. The molecule has 0 aromatic carbocycles. The van der Waals surface area contributed by atoms with Gasteiger partial charge in [-0.25, -0.2) is 4.79 Å². The summed E-state index contributed by atoms with van der Waals surface area (Å²) in [4.78, 5) is 24.8. The molecule has 2 aliphatic heterocycles. The van der Waals surface area contributed by atoms with Crippen molar-refractivity contribution in [2.75, 3.05) is 13.7 Å². The normalized spacial score (nSPS) is 36.0. The molecule has 0 saturated carbocycles. The van der Waals surface area contributed by atoms with Gasteiger partial charge in [0.05, 0.1) is 13.2 Å². The van der Waals surface area contributed by atoms with E-state index in [9.17, 15) is 9.59 Å².